The van der Waals surface area contributed by atoms with E-state index in [1.54, 1.807) is 0 Å². The van der Waals surface area contributed by atoms with Crippen LogP contribution in [0.15, 0.2) is 12.1 Å². The van der Waals surface area contributed by atoms with Gasteiger partial charge in [0.15, 0.2) is 11.5 Å². The van der Waals surface area contributed by atoms with Crippen LogP contribution in [-0.2, 0) is 11.2 Å². The summed E-state index contributed by atoms with van der Waals surface area (Å²) in [7, 11) is 0. The number of aromatic hydroxyl groups is 1. The minimum atomic E-state index is -0.978. The van der Waals surface area contributed by atoms with Crippen molar-refractivity contribution in [3.63, 3.8) is 0 Å². The highest BCUT2D eigenvalue weighted by atomic mass is 16.7. The van der Waals surface area contributed by atoms with Gasteiger partial charge in [-0.25, -0.2) is 0 Å². The Balaban J connectivity index is 2.43. The predicted molar refractivity (Wildman–Crippen MR) is 45.6 cm³/mol. The second kappa shape index (κ2) is 3.10. The zero-order valence-corrected chi connectivity index (χ0v) is 7.19. The lowest BCUT2D eigenvalue weighted by molar-refractivity contribution is -0.136. The highest BCUT2D eigenvalue weighted by Crippen LogP contribution is 2.39. The van der Waals surface area contributed by atoms with E-state index in [4.69, 9.17) is 14.6 Å². The van der Waals surface area contributed by atoms with E-state index in [0.717, 1.165) is 0 Å². The number of aliphatic carboxylic acids is 1. The zero-order chi connectivity index (χ0) is 10.1. The number of rotatable bonds is 2. The molecule has 0 amide bonds. The number of phenolic OH excluding ortho intramolecular Hbond substituents is 1. The highest BCUT2D eigenvalue weighted by molar-refractivity contribution is 5.72. The lowest BCUT2D eigenvalue weighted by atomic mass is 10.1. The topological polar surface area (TPSA) is 76.0 Å². The van der Waals surface area contributed by atoms with E-state index >= 15 is 0 Å². The van der Waals surface area contributed by atoms with Crippen molar-refractivity contribution in [2.45, 2.75) is 6.42 Å². The van der Waals surface area contributed by atoms with Crippen molar-refractivity contribution in [2.24, 2.45) is 0 Å². The summed E-state index contributed by atoms with van der Waals surface area (Å²) < 4.78 is 10.1. The molecule has 1 aliphatic rings. The van der Waals surface area contributed by atoms with Crippen LogP contribution in [-0.4, -0.2) is 23.0 Å². The Morgan fingerprint density at radius 1 is 1.43 bits per heavy atom. The van der Waals surface area contributed by atoms with Crippen LogP contribution in [0.1, 0.15) is 5.56 Å². The van der Waals surface area contributed by atoms with Gasteiger partial charge in [-0.3, -0.25) is 4.79 Å². The van der Waals surface area contributed by atoms with E-state index in [1.165, 1.54) is 12.1 Å². The minimum Gasteiger partial charge on any atom is -0.508 e. The van der Waals surface area contributed by atoms with Crippen LogP contribution in [0.3, 0.4) is 0 Å². The Morgan fingerprint density at radius 3 is 2.93 bits per heavy atom. The van der Waals surface area contributed by atoms with E-state index in [1.807, 2.05) is 0 Å². The van der Waals surface area contributed by atoms with Crippen molar-refractivity contribution < 1.29 is 24.5 Å². The van der Waals surface area contributed by atoms with Crippen LogP contribution in [0.25, 0.3) is 0 Å². The molecular formula is C9H8O5. The van der Waals surface area contributed by atoms with E-state index in [-0.39, 0.29) is 19.0 Å². The van der Waals surface area contributed by atoms with Crippen molar-refractivity contribution in [1.29, 1.82) is 0 Å². The first-order valence-corrected chi connectivity index (χ1v) is 4.00. The minimum absolute atomic E-state index is 0.0227. The molecule has 0 spiro atoms. The maximum absolute atomic E-state index is 10.5. The molecule has 0 unspecified atom stereocenters. The molecule has 0 bridgehead atoms. The van der Waals surface area contributed by atoms with Crippen molar-refractivity contribution in [2.75, 3.05) is 6.79 Å². The summed E-state index contributed by atoms with van der Waals surface area (Å²) >= 11 is 0. The zero-order valence-electron chi connectivity index (χ0n) is 7.19. The van der Waals surface area contributed by atoms with E-state index in [9.17, 15) is 9.90 Å². The van der Waals surface area contributed by atoms with Crippen LogP contribution in [0.4, 0.5) is 0 Å². The summed E-state index contributed by atoms with van der Waals surface area (Å²) in [6.07, 6.45) is -0.194. The molecule has 74 valence electrons. The highest BCUT2D eigenvalue weighted by Gasteiger charge is 2.20. The van der Waals surface area contributed by atoms with Gasteiger partial charge >= 0.3 is 5.97 Å². The SMILES string of the molecule is O=C(O)Cc1cc(O)cc2c1OCO2. The van der Waals surface area contributed by atoms with Crippen molar-refractivity contribution in [1.82, 2.24) is 0 Å². The van der Waals surface area contributed by atoms with Crippen LogP contribution in [0.5, 0.6) is 17.2 Å². The smallest absolute Gasteiger partial charge is 0.307 e. The number of benzene rings is 1. The van der Waals surface area contributed by atoms with Gasteiger partial charge < -0.3 is 19.7 Å². The van der Waals surface area contributed by atoms with Gasteiger partial charge in [-0.2, -0.15) is 0 Å². The molecule has 0 saturated heterocycles. The monoisotopic (exact) mass is 196 g/mol. The molecule has 0 aromatic heterocycles. The Kier molecular flexibility index (Phi) is 1.92. The molecule has 2 rings (SSSR count). The van der Waals surface area contributed by atoms with E-state index < -0.39 is 5.97 Å². The standard InChI is InChI=1S/C9H8O5/c10-6-1-5(2-8(11)12)9-7(3-6)13-4-14-9/h1,3,10H,2,4H2,(H,11,12). The fraction of sp³-hybridized carbons (Fsp3) is 0.222. The molecule has 0 radical (unpaired) electrons. The third kappa shape index (κ3) is 1.44. The van der Waals surface area contributed by atoms with E-state index in [0.29, 0.717) is 17.1 Å². The average molecular weight is 196 g/mol. The molecule has 1 aliphatic heterocycles. The summed E-state index contributed by atoms with van der Waals surface area (Å²) in [6, 6.07) is 2.76. The number of carboxylic acids is 1. The summed E-state index contributed by atoms with van der Waals surface area (Å²) in [5, 5.41) is 17.9. The van der Waals surface area contributed by atoms with Crippen LogP contribution in [0.2, 0.25) is 0 Å². The average Bonchev–Trinajstić information content (AvgIpc) is 2.50. The largest absolute Gasteiger partial charge is 0.508 e. The molecule has 5 nitrogen and oxygen atoms in total. The lowest BCUT2D eigenvalue weighted by Crippen LogP contribution is -2.01. The van der Waals surface area contributed by atoms with E-state index in [2.05, 4.69) is 0 Å². The molecule has 1 aromatic carbocycles. The molecule has 0 atom stereocenters. The number of carbonyl (C=O) groups is 1. The summed E-state index contributed by atoms with van der Waals surface area (Å²) in [5.41, 5.74) is 0.421. The maximum atomic E-state index is 10.5. The van der Waals surface area contributed by atoms with Gasteiger partial charge in [-0.15, -0.1) is 0 Å². The first kappa shape index (κ1) is 8.68. The van der Waals surface area contributed by atoms with Gasteiger partial charge in [-0.1, -0.05) is 0 Å². The number of ether oxygens (including phenoxy) is 2. The maximum Gasteiger partial charge on any atom is 0.307 e. The molecular weight excluding hydrogens is 188 g/mol. The molecule has 0 saturated carbocycles. The molecule has 1 aromatic rings. The van der Waals surface area contributed by atoms with Crippen LogP contribution >= 0.6 is 0 Å². The molecule has 1 heterocycles. The Bertz CT molecular complexity index is 385. The fourth-order valence-electron chi connectivity index (χ4n) is 1.36. The third-order valence-electron chi connectivity index (χ3n) is 1.88. The number of carboxylic acid groups (broad SMARTS) is 1. The molecule has 5 heteroatoms. The Labute approximate surface area is 79.5 Å². The van der Waals surface area contributed by atoms with Crippen molar-refractivity contribution in [3.8, 4) is 17.2 Å². The number of hydrogen-bond donors (Lipinski definition) is 2. The number of fused-ring (bicyclic) bond motifs is 1. The lowest BCUT2D eigenvalue weighted by Gasteiger charge is -2.03. The van der Waals surface area contributed by atoms with Crippen LogP contribution < -0.4 is 9.47 Å². The second-order valence-corrected chi connectivity index (χ2v) is 2.91. The second-order valence-electron chi connectivity index (χ2n) is 2.91. The van der Waals surface area contributed by atoms with Gasteiger partial charge in [0.05, 0.1) is 6.42 Å². The van der Waals surface area contributed by atoms with Gasteiger partial charge in [-0.05, 0) is 6.07 Å². The van der Waals surface area contributed by atoms with Gasteiger partial charge in [0.1, 0.15) is 5.75 Å². The van der Waals surface area contributed by atoms with Gasteiger partial charge in [0, 0.05) is 11.6 Å². The molecule has 2 N–H and O–H groups in total. The normalized spacial score (nSPS) is 12.9. The first-order chi connectivity index (χ1) is 6.66. The van der Waals surface area contributed by atoms with Crippen molar-refractivity contribution in [3.05, 3.63) is 17.7 Å². The van der Waals surface area contributed by atoms with Crippen molar-refractivity contribution >= 4 is 5.97 Å². The van der Waals surface area contributed by atoms with Crippen LogP contribution in [0, 0.1) is 0 Å². The quantitative estimate of drug-likeness (QED) is 0.729. The molecule has 0 aliphatic carbocycles. The summed E-state index contributed by atoms with van der Waals surface area (Å²) in [6.45, 7) is 0.0609. The fourth-order valence-corrected chi connectivity index (χ4v) is 1.36. The predicted octanol–water partition coefficient (Wildman–Crippen LogP) is 0.748. The summed E-state index contributed by atoms with van der Waals surface area (Å²) in [4.78, 5) is 10.5. The van der Waals surface area contributed by atoms with Gasteiger partial charge in [0.25, 0.3) is 0 Å². The third-order valence-corrected chi connectivity index (χ3v) is 1.88. The Morgan fingerprint density at radius 2 is 2.21 bits per heavy atom. The molecule has 14 heavy (non-hydrogen) atoms. The molecule has 0 fully saturated rings. The first-order valence-electron chi connectivity index (χ1n) is 4.00. The Hall–Kier alpha value is -1.91. The number of hydrogen-bond acceptors (Lipinski definition) is 4. The number of phenols is 1. The summed E-state index contributed by atoms with van der Waals surface area (Å²) in [5.74, 6) is -0.203. The van der Waals surface area contributed by atoms with Gasteiger partial charge in [0.2, 0.25) is 6.79 Å².